The normalized spacial score (nSPS) is 33.0. The van der Waals surface area contributed by atoms with E-state index in [1.807, 2.05) is 48.6 Å². The number of nitrogens with zero attached hydrogens (tertiary/aromatic N) is 1. The molecule has 4 N–H and O–H groups in total. The van der Waals surface area contributed by atoms with E-state index < -0.39 is 145 Å². The molecule has 21 heteroatoms. The lowest BCUT2D eigenvalue weighted by molar-refractivity contribution is -0.266. The molecule has 0 aromatic heterocycles. The molecule has 6 rings (SSSR count). The summed E-state index contributed by atoms with van der Waals surface area (Å²) >= 11 is 1.91. The number of aliphatic hydroxyl groups is 4. The molecular formula is C68H91F3INO16. The number of hydrogen-bond donors (Lipinski definition) is 4. The van der Waals surface area contributed by atoms with Gasteiger partial charge in [-0.2, -0.15) is 0 Å². The number of rotatable bonds is 15. The van der Waals surface area contributed by atoms with E-state index in [0.717, 1.165) is 17.0 Å². The molecule has 16 atom stereocenters. The van der Waals surface area contributed by atoms with Crippen LogP contribution in [0.4, 0.5) is 13.2 Å². The summed E-state index contributed by atoms with van der Waals surface area (Å²) in [6.45, 7) is 10.7. The molecule has 3 aliphatic heterocycles. The van der Waals surface area contributed by atoms with Gasteiger partial charge >= 0.3 is 5.97 Å². The highest BCUT2D eigenvalue weighted by molar-refractivity contribution is 14.1. The third-order valence-electron chi connectivity index (χ3n) is 18.1. The number of cyclic esters (lactones) is 1. The monoisotopic (exact) mass is 1360 g/mol. The van der Waals surface area contributed by atoms with Crippen LogP contribution in [0.1, 0.15) is 147 Å². The number of Topliss-reactive ketones (excluding diaryl/α,β-unsaturated/α-hetero) is 4. The highest BCUT2D eigenvalue weighted by atomic mass is 127. The summed E-state index contributed by atoms with van der Waals surface area (Å²) in [5.74, 6) is -13.2. The van der Waals surface area contributed by atoms with Gasteiger partial charge in [-0.25, -0.2) is 18.0 Å². The van der Waals surface area contributed by atoms with Gasteiger partial charge in [0.2, 0.25) is 5.79 Å². The molecule has 0 radical (unpaired) electrons. The van der Waals surface area contributed by atoms with Crippen LogP contribution < -0.4 is 0 Å². The Morgan fingerprint density at radius 2 is 1.61 bits per heavy atom. The fourth-order valence-electron chi connectivity index (χ4n) is 12.6. The molecule has 4 aliphatic rings. The van der Waals surface area contributed by atoms with Crippen LogP contribution in [0.2, 0.25) is 0 Å². The van der Waals surface area contributed by atoms with Gasteiger partial charge in [-0.15, -0.1) is 0 Å². The number of allylic oxidation sites excluding steroid dienone is 6. The minimum Gasteiger partial charge on any atom is -0.460 e. The summed E-state index contributed by atoms with van der Waals surface area (Å²) in [7, 11) is 2.88. The van der Waals surface area contributed by atoms with Gasteiger partial charge in [-0.3, -0.25) is 24.0 Å². The number of benzene rings is 2. The first-order valence-corrected chi connectivity index (χ1v) is 32.2. The Morgan fingerprint density at radius 3 is 2.31 bits per heavy atom. The lowest BCUT2D eigenvalue weighted by Crippen LogP contribution is -2.61. The second kappa shape index (κ2) is 34.2. The van der Waals surface area contributed by atoms with E-state index in [4.69, 9.17) is 28.4 Å². The standard InChI is InChI=1S/C68H91F3INO16/c1-38-15-11-10-12-16-39(2)58(87-36-48(74)35-86-37-57(77)50-23-24-52(69)61(71)51(50)31-46-20-21-47(72)32-53(46)70)33-49-22-18-44(7)68(83,89-49)65(80)66(81)73-26-14-13-17-54(73)67(82)88-59(41(4)29-45-19-25-55(75)60(30-45)84-8)34-56(76)40(3)28-43(6)63(79)64(85-9)62(78)42(5)27-38/h10-12,15-16,20-21,23-24,28,32,38,40-42,44-45,48-49,54-55,58-60,63-64,74-75,79,83H,13-14,17-19,22,25-27,29-31,33-37H2,1-9H3/b12-10+,15-11+,39-16-,43-28+/t38-,40-,41?,42-,44-,45-,48+,49+,54+,55-,58-,59+,60-,63-,64+,68-/m1/s1. The van der Waals surface area contributed by atoms with Crippen LogP contribution in [0.5, 0.6) is 0 Å². The zero-order valence-electron chi connectivity index (χ0n) is 52.7. The Kier molecular flexibility index (Phi) is 28.1. The quantitative estimate of drug-likeness (QED) is 0.0427. The van der Waals surface area contributed by atoms with Crippen LogP contribution in [0.15, 0.2) is 77.9 Å². The van der Waals surface area contributed by atoms with Crippen LogP contribution in [-0.2, 0) is 58.8 Å². The Labute approximate surface area is 534 Å². The molecule has 2 bridgehead atoms. The molecule has 492 valence electrons. The van der Waals surface area contributed by atoms with E-state index in [2.05, 4.69) is 0 Å². The van der Waals surface area contributed by atoms with Gasteiger partial charge in [0.15, 0.2) is 23.2 Å². The first kappa shape index (κ1) is 73.2. The highest BCUT2D eigenvalue weighted by Gasteiger charge is 2.53. The Morgan fingerprint density at radius 1 is 0.865 bits per heavy atom. The third-order valence-corrected chi connectivity index (χ3v) is 18.8. The summed E-state index contributed by atoms with van der Waals surface area (Å²) in [6.07, 6.45) is 6.34. The Hall–Kier alpha value is -4.82. The third kappa shape index (κ3) is 19.8. The number of amides is 1. The first-order chi connectivity index (χ1) is 42.2. The van der Waals surface area contributed by atoms with Gasteiger partial charge in [0, 0.05) is 72.5 Å². The average Bonchev–Trinajstić information content (AvgIpc) is 1.14. The predicted octanol–water partition coefficient (Wildman–Crippen LogP) is 9.42. The molecule has 89 heavy (non-hydrogen) atoms. The SMILES string of the molecule is CO[C@@H]1C[C@@H](CC(C)[C@@H]2CC(=O)[C@H](C)/C=C(\C)[C@@H](O)[C@@H](OC)C(=O)[C@H](C)C[C@H](C)/C=C/C=C/C=C(/C)[C@H](OC[C@@H](O)COCC(=O)c3ccc(F)c(F)c3Cc3ccc(I)cc3F)C[C@@H]3CC[C@@H](C)[C@@](O)(O3)C(=O)C(=O)N3CCCC[C@H]3C(=O)O2)CC[C@H]1O. The van der Waals surface area contributed by atoms with Gasteiger partial charge in [-0.05, 0) is 159 Å². The molecule has 1 unspecified atom stereocenters. The van der Waals surface area contributed by atoms with Crippen LogP contribution in [0.3, 0.4) is 0 Å². The lowest BCUT2D eigenvalue weighted by Gasteiger charge is -2.43. The first-order valence-electron chi connectivity index (χ1n) is 31.1. The van der Waals surface area contributed by atoms with E-state index >= 15 is 4.39 Å². The van der Waals surface area contributed by atoms with Crippen LogP contribution >= 0.6 is 22.6 Å². The summed E-state index contributed by atoms with van der Waals surface area (Å²) in [5.41, 5.74) is 0.410. The van der Waals surface area contributed by atoms with Crippen molar-refractivity contribution < 1.29 is 90.8 Å². The minimum absolute atomic E-state index is 0.00689. The number of aliphatic hydroxyl groups excluding tert-OH is 3. The topological polar surface area (TPSA) is 242 Å². The van der Waals surface area contributed by atoms with Crippen molar-refractivity contribution in [2.45, 2.75) is 193 Å². The van der Waals surface area contributed by atoms with Gasteiger partial charge in [-0.1, -0.05) is 77.1 Å². The number of ketones is 4. The molecule has 3 fully saturated rings. The summed E-state index contributed by atoms with van der Waals surface area (Å²) in [4.78, 5) is 86.6. The molecule has 1 saturated carbocycles. The largest absolute Gasteiger partial charge is 0.460 e. The molecule has 2 saturated heterocycles. The number of carbonyl (C=O) groups excluding carboxylic acids is 6. The Bertz CT molecular complexity index is 2920. The number of esters is 1. The molecule has 1 amide bonds. The van der Waals surface area contributed by atoms with Crippen LogP contribution in [-0.4, -0.2) is 162 Å². The summed E-state index contributed by atoms with van der Waals surface area (Å²) < 4.78 is 80.7. The number of ether oxygens (including phenoxy) is 6. The Balaban J connectivity index is 1.25. The summed E-state index contributed by atoms with van der Waals surface area (Å²) in [6, 6.07) is 4.89. The van der Waals surface area contributed by atoms with Crippen molar-refractivity contribution in [2.75, 3.05) is 40.6 Å². The van der Waals surface area contributed by atoms with Crippen molar-refractivity contribution in [3.8, 4) is 0 Å². The molecular weight excluding hydrogens is 1270 g/mol. The van der Waals surface area contributed by atoms with Crippen molar-refractivity contribution >= 4 is 57.6 Å². The lowest BCUT2D eigenvalue weighted by atomic mass is 9.78. The molecule has 0 spiro atoms. The van der Waals surface area contributed by atoms with Gasteiger partial charge in [0.1, 0.15) is 48.7 Å². The number of fused-ring (bicyclic) bond motifs is 3. The molecule has 1 aliphatic carbocycles. The van der Waals surface area contributed by atoms with Gasteiger partial charge < -0.3 is 53.7 Å². The van der Waals surface area contributed by atoms with Crippen molar-refractivity contribution in [3.63, 3.8) is 0 Å². The molecule has 2 aromatic rings. The van der Waals surface area contributed by atoms with E-state index in [1.54, 1.807) is 65.0 Å². The smallest absolute Gasteiger partial charge is 0.329 e. The number of methoxy groups -OCH3 is 2. The predicted molar refractivity (Wildman–Crippen MR) is 334 cm³/mol. The number of piperidine rings is 1. The summed E-state index contributed by atoms with van der Waals surface area (Å²) in [5, 5.41) is 45.6. The van der Waals surface area contributed by atoms with Crippen molar-refractivity contribution in [3.05, 3.63) is 116 Å². The number of carbonyl (C=O) groups is 6. The van der Waals surface area contributed by atoms with Crippen molar-refractivity contribution in [2.24, 2.45) is 35.5 Å². The zero-order chi connectivity index (χ0) is 65.4. The molecule has 17 nitrogen and oxygen atoms in total. The maximum atomic E-state index is 15.2. The van der Waals surface area contributed by atoms with Crippen molar-refractivity contribution in [1.29, 1.82) is 0 Å². The van der Waals surface area contributed by atoms with Crippen LogP contribution in [0, 0.1) is 56.5 Å². The highest BCUT2D eigenvalue weighted by Crippen LogP contribution is 2.38. The second-order valence-electron chi connectivity index (χ2n) is 25.1. The average molecular weight is 1360 g/mol. The van der Waals surface area contributed by atoms with Gasteiger partial charge in [0.05, 0.1) is 37.6 Å². The van der Waals surface area contributed by atoms with E-state index in [9.17, 15) is 58.0 Å². The number of hydrogen-bond acceptors (Lipinski definition) is 16. The second-order valence-corrected chi connectivity index (χ2v) is 26.3. The fourth-order valence-corrected chi connectivity index (χ4v) is 13.0. The molecule has 3 heterocycles. The molecule has 2 aromatic carbocycles. The van der Waals surface area contributed by atoms with E-state index in [0.29, 0.717) is 66.1 Å². The van der Waals surface area contributed by atoms with Crippen molar-refractivity contribution in [1.82, 2.24) is 4.90 Å². The van der Waals surface area contributed by atoms with E-state index in [-0.39, 0.29) is 78.9 Å². The zero-order valence-corrected chi connectivity index (χ0v) is 54.8. The number of halogens is 4. The fraction of sp³-hybridized carbons (Fsp3) is 0.618. The van der Waals surface area contributed by atoms with E-state index in [1.165, 1.54) is 26.4 Å². The van der Waals surface area contributed by atoms with Crippen LogP contribution in [0.25, 0.3) is 0 Å². The maximum absolute atomic E-state index is 15.2. The minimum atomic E-state index is -2.64. The van der Waals surface area contributed by atoms with Gasteiger partial charge in [0.25, 0.3) is 11.7 Å². The maximum Gasteiger partial charge on any atom is 0.329 e.